The van der Waals surface area contributed by atoms with Crippen molar-refractivity contribution < 1.29 is 13.2 Å². The molecular formula is C18H21Cl2N3O3S. The summed E-state index contributed by atoms with van der Waals surface area (Å²) in [5, 5.41) is 3.76. The zero-order valence-corrected chi connectivity index (χ0v) is 17.1. The number of nitrogens with one attached hydrogen (secondary N) is 2. The normalized spacial score (nSPS) is 17.1. The minimum absolute atomic E-state index is 0. The summed E-state index contributed by atoms with van der Waals surface area (Å²) in [7, 11) is -3.73. The number of halogens is 2. The minimum atomic E-state index is -3.73. The summed E-state index contributed by atoms with van der Waals surface area (Å²) in [5.41, 5.74) is 0.897. The van der Waals surface area contributed by atoms with Gasteiger partial charge in [-0.3, -0.25) is 9.52 Å². The Hall–Kier alpha value is -1.80. The van der Waals surface area contributed by atoms with Crippen LogP contribution in [-0.2, 0) is 10.0 Å². The van der Waals surface area contributed by atoms with Crippen molar-refractivity contribution in [1.29, 1.82) is 0 Å². The fourth-order valence-corrected chi connectivity index (χ4v) is 4.00. The summed E-state index contributed by atoms with van der Waals surface area (Å²) in [6.07, 6.45) is 0. The molecule has 1 saturated heterocycles. The number of piperazine rings is 1. The van der Waals surface area contributed by atoms with Gasteiger partial charge in [0.1, 0.15) is 0 Å². The quantitative estimate of drug-likeness (QED) is 0.782. The Labute approximate surface area is 170 Å². The van der Waals surface area contributed by atoms with Crippen LogP contribution in [0.5, 0.6) is 0 Å². The zero-order chi connectivity index (χ0) is 18.7. The molecule has 9 heteroatoms. The number of carbonyl (C=O) groups is 1. The van der Waals surface area contributed by atoms with Crippen LogP contribution < -0.4 is 10.0 Å². The summed E-state index contributed by atoms with van der Waals surface area (Å²) in [4.78, 5) is 14.5. The number of carbonyl (C=O) groups excluding carboxylic acids is 1. The van der Waals surface area contributed by atoms with Gasteiger partial charge in [-0.1, -0.05) is 11.6 Å². The van der Waals surface area contributed by atoms with E-state index in [-0.39, 0.29) is 29.3 Å². The second-order valence-corrected chi connectivity index (χ2v) is 8.31. The number of anilines is 1. The average molecular weight is 430 g/mol. The van der Waals surface area contributed by atoms with Crippen LogP contribution in [0, 0.1) is 0 Å². The van der Waals surface area contributed by atoms with Crippen molar-refractivity contribution >= 4 is 45.6 Å². The van der Waals surface area contributed by atoms with Gasteiger partial charge in [0.25, 0.3) is 15.9 Å². The molecular weight excluding hydrogens is 409 g/mol. The molecule has 1 fully saturated rings. The van der Waals surface area contributed by atoms with Crippen molar-refractivity contribution in [3.63, 3.8) is 0 Å². The van der Waals surface area contributed by atoms with E-state index in [0.29, 0.717) is 22.8 Å². The number of benzene rings is 2. The maximum atomic E-state index is 12.6. The summed E-state index contributed by atoms with van der Waals surface area (Å²) < 4.78 is 27.4. The van der Waals surface area contributed by atoms with Crippen molar-refractivity contribution in [3.8, 4) is 0 Å². The maximum Gasteiger partial charge on any atom is 0.261 e. The van der Waals surface area contributed by atoms with Gasteiger partial charge in [0.15, 0.2) is 0 Å². The molecule has 1 amide bonds. The van der Waals surface area contributed by atoms with E-state index < -0.39 is 10.0 Å². The van der Waals surface area contributed by atoms with E-state index in [0.717, 1.165) is 13.1 Å². The fourth-order valence-electron chi connectivity index (χ4n) is 2.82. The monoisotopic (exact) mass is 429 g/mol. The third kappa shape index (κ3) is 5.13. The summed E-state index contributed by atoms with van der Waals surface area (Å²) in [6.45, 7) is 4.13. The Bertz CT molecular complexity index is 887. The van der Waals surface area contributed by atoms with Crippen LogP contribution in [0.1, 0.15) is 17.3 Å². The van der Waals surface area contributed by atoms with Crippen molar-refractivity contribution in [1.82, 2.24) is 10.2 Å². The number of sulfonamides is 1. The zero-order valence-electron chi connectivity index (χ0n) is 14.7. The first-order valence-corrected chi connectivity index (χ1v) is 10.1. The molecule has 2 aromatic carbocycles. The lowest BCUT2D eigenvalue weighted by Crippen LogP contribution is -2.52. The van der Waals surface area contributed by atoms with Gasteiger partial charge in [-0.15, -0.1) is 12.4 Å². The molecule has 1 aliphatic heterocycles. The van der Waals surface area contributed by atoms with E-state index in [1.807, 2.05) is 6.92 Å². The molecule has 1 heterocycles. The summed E-state index contributed by atoms with van der Waals surface area (Å²) >= 11 is 5.80. The van der Waals surface area contributed by atoms with Crippen LogP contribution in [0.4, 0.5) is 5.69 Å². The third-order valence-electron chi connectivity index (χ3n) is 4.27. The number of hydrogen-bond acceptors (Lipinski definition) is 4. The van der Waals surface area contributed by atoms with Gasteiger partial charge in [0, 0.05) is 41.9 Å². The summed E-state index contributed by atoms with van der Waals surface area (Å²) in [5.74, 6) is -0.0893. The Morgan fingerprint density at radius 3 is 2.37 bits per heavy atom. The lowest BCUT2D eigenvalue weighted by molar-refractivity contribution is 0.0655. The highest BCUT2D eigenvalue weighted by Gasteiger charge is 2.24. The molecule has 2 aromatic rings. The number of rotatable bonds is 4. The van der Waals surface area contributed by atoms with Crippen LogP contribution in [0.25, 0.3) is 0 Å². The second kappa shape index (κ2) is 8.93. The Morgan fingerprint density at radius 2 is 1.78 bits per heavy atom. The van der Waals surface area contributed by atoms with Crippen molar-refractivity contribution in [3.05, 3.63) is 59.1 Å². The third-order valence-corrected chi connectivity index (χ3v) is 5.92. The molecule has 0 aliphatic carbocycles. The van der Waals surface area contributed by atoms with E-state index in [1.54, 1.807) is 41.3 Å². The largest absolute Gasteiger partial charge is 0.333 e. The highest BCUT2D eigenvalue weighted by atomic mass is 35.5. The molecule has 1 atom stereocenters. The van der Waals surface area contributed by atoms with Crippen molar-refractivity contribution in [2.24, 2.45) is 0 Å². The van der Waals surface area contributed by atoms with Gasteiger partial charge in [0.05, 0.1) is 4.90 Å². The predicted molar refractivity (Wildman–Crippen MR) is 109 cm³/mol. The van der Waals surface area contributed by atoms with E-state index in [4.69, 9.17) is 11.6 Å². The lowest BCUT2D eigenvalue weighted by Gasteiger charge is -2.34. The number of hydrogen-bond donors (Lipinski definition) is 2. The number of nitrogens with zero attached hydrogens (tertiary/aromatic N) is 1. The molecule has 0 bridgehead atoms. The smallest absolute Gasteiger partial charge is 0.261 e. The highest BCUT2D eigenvalue weighted by molar-refractivity contribution is 7.92. The van der Waals surface area contributed by atoms with Crippen LogP contribution in [0.15, 0.2) is 53.4 Å². The van der Waals surface area contributed by atoms with Crippen molar-refractivity contribution in [2.45, 2.75) is 17.9 Å². The first-order valence-electron chi connectivity index (χ1n) is 8.27. The van der Waals surface area contributed by atoms with Gasteiger partial charge >= 0.3 is 0 Å². The van der Waals surface area contributed by atoms with Gasteiger partial charge in [-0.25, -0.2) is 8.42 Å². The first-order chi connectivity index (χ1) is 12.4. The van der Waals surface area contributed by atoms with Gasteiger partial charge in [0.2, 0.25) is 0 Å². The molecule has 6 nitrogen and oxygen atoms in total. The molecule has 0 unspecified atom stereocenters. The second-order valence-electron chi connectivity index (χ2n) is 6.19. The lowest BCUT2D eigenvalue weighted by atomic mass is 10.1. The standard InChI is InChI=1S/C18H20ClN3O3S.ClH/c1-13-12-20-10-11-22(13)18(23)14-2-8-17(9-3-14)26(24,25)21-16-6-4-15(19)5-7-16;/h2-9,13,20-21H,10-12H2,1H3;1H/t13-;/m0./s1. The topological polar surface area (TPSA) is 78.5 Å². The van der Waals surface area contributed by atoms with E-state index >= 15 is 0 Å². The number of amides is 1. The molecule has 0 radical (unpaired) electrons. The van der Waals surface area contributed by atoms with Gasteiger partial charge in [-0.2, -0.15) is 0 Å². The Kier molecular flexibility index (Phi) is 7.11. The van der Waals surface area contributed by atoms with Crippen LogP contribution in [-0.4, -0.2) is 44.9 Å². The molecule has 27 heavy (non-hydrogen) atoms. The molecule has 146 valence electrons. The average Bonchev–Trinajstić information content (AvgIpc) is 2.63. The molecule has 0 saturated carbocycles. The minimum Gasteiger partial charge on any atom is -0.333 e. The molecule has 0 spiro atoms. The Balaban J connectivity index is 0.00000261. The highest BCUT2D eigenvalue weighted by Crippen LogP contribution is 2.19. The fraction of sp³-hybridized carbons (Fsp3) is 0.278. The van der Waals surface area contributed by atoms with E-state index in [2.05, 4.69) is 10.0 Å². The van der Waals surface area contributed by atoms with E-state index in [1.165, 1.54) is 12.1 Å². The van der Waals surface area contributed by atoms with Crippen LogP contribution >= 0.6 is 24.0 Å². The maximum absolute atomic E-state index is 12.6. The van der Waals surface area contributed by atoms with Gasteiger partial charge < -0.3 is 10.2 Å². The van der Waals surface area contributed by atoms with Crippen LogP contribution in [0.2, 0.25) is 5.02 Å². The predicted octanol–water partition coefficient (Wildman–Crippen LogP) is 3.00. The Morgan fingerprint density at radius 1 is 1.15 bits per heavy atom. The summed E-state index contributed by atoms with van der Waals surface area (Å²) in [6, 6.07) is 12.5. The van der Waals surface area contributed by atoms with Crippen LogP contribution in [0.3, 0.4) is 0 Å². The van der Waals surface area contributed by atoms with Gasteiger partial charge in [-0.05, 0) is 55.5 Å². The van der Waals surface area contributed by atoms with E-state index in [9.17, 15) is 13.2 Å². The molecule has 0 aromatic heterocycles. The van der Waals surface area contributed by atoms with Crippen molar-refractivity contribution in [2.75, 3.05) is 24.4 Å². The first kappa shape index (κ1) is 21.5. The molecule has 2 N–H and O–H groups in total. The molecule has 1 aliphatic rings. The molecule has 3 rings (SSSR count). The SMILES string of the molecule is C[C@H]1CNCCN1C(=O)c1ccc(S(=O)(=O)Nc2ccc(Cl)cc2)cc1.Cl.